The van der Waals surface area contributed by atoms with Gasteiger partial charge < -0.3 is 4.74 Å². The highest BCUT2D eigenvalue weighted by molar-refractivity contribution is 7.80. The van der Waals surface area contributed by atoms with Crippen LogP contribution in [0.1, 0.15) is 124 Å². The Morgan fingerprint density at radius 3 is 1.48 bits per heavy atom. The molecular formula is C21H42OS. The molecule has 0 aromatic carbocycles. The zero-order valence-corrected chi connectivity index (χ0v) is 17.0. The van der Waals surface area contributed by atoms with Gasteiger partial charge in [0.05, 0.1) is 6.10 Å². The summed E-state index contributed by atoms with van der Waals surface area (Å²) in [6, 6.07) is 0. The van der Waals surface area contributed by atoms with Gasteiger partial charge in [-0.1, -0.05) is 97.3 Å². The molecule has 23 heavy (non-hydrogen) atoms. The minimum Gasteiger partial charge on any atom is -0.484 e. The Hall–Kier alpha value is -0.110. The van der Waals surface area contributed by atoms with Crippen molar-refractivity contribution < 1.29 is 4.74 Å². The number of thiocarbonyl (C=S) groups is 1. The Morgan fingerprint density at radius 2 is 1.09 bits per heavy atom. The molecule has 0 radical (unpaired) electrons. The summed E-state index contributed by atoms with van der Waals surface area (Å²) in [5.41, 5.74) is 0. The Kier molecular flexibility index (Phi) is 18.1. The highest BCUT2D eigenvalue weighted by Gasteiger charge is 2.04. The summed E-state index contributed by atoms with van der Waals surface area (Å²) in [4.78, 5) is 0. The standard InChI is InChI=1S/C21H42OS/c1-4-6-7-8-9-10-11-12-13-14-15-16-17-18-19-20(3)22-21(23)5-2/h20H,4-19H2,1-3H3. The third-order valence-corrected chi connectivity index (χ3v) is 4.97. The summed E-state index contributed by atoms with van der Waals surface area (Å²) in [5, 5.41) is 0.767. The topological polar surface area (TPSA) is 9.23 Å². The molecule has 138 valence electrons. The van der Waals surface area contributed by atoms with Gasteiger partial charge in [0.15, 0.2) is 5.05 Å². The van der Waals surface area contributed by atoms with Crippen LogP contribution in [0.15, 0.2) is 0 Å². The van der Waals surface area contributed by atoms with Crippen molar-refractivity contribution in [2.24, 2.45) is 0 Å². The van der Waals surface area contributed by atoms with E-state index in [2.05, 4.69) is 20.8 Å². The minimum absolute atomic E-state index is 0.305. The zero-order chi connectivity index (χ0) is 17.2. The van der Waals surface area contributed by atoms with Crippen molar-refractivity contribution in [3.63, 3.8) is 0 Å². The van der Waals surface area contributed by atoms with E-state index >= 15 is 0 Å². The molecule has 0 aliphatic rings. The maximum absolute atomic E-state index is 5.64. The molecule has 2 heteroatoms. The van der Waals surface area contributed by atoms with E-state index in [1.54, 1.807) is 0 Å². The largest absolute Gasteiger partial charge is 0.484 e. The first kappa shape index (κ1) is 22.9. The van der Waals surface area contributed by atoms with Crippen molar-refractivity contribution in [2.75, 3.05) is 0 Å². The van der Waals surface area contributed by atoms with Gasteiger partial charge in [-0.2, -0.15) is 0 Å². The first-order valence-corrected chi connectivity index (χ1v) is 10.8. The van der Waals surface area contributed by atoms with E-state index in [0.717, 1.165) is 17.9 Å². The summed E-state index contributed by atoms with van der Waals surface area (Å²) in [5.74, 6) is 0. The lowest BCUT2D eigenvalue weighted by Gasteiger charge is -2.14. The van der Waals surface area contributed by atoms with Crippen molar-refractivity contribution in [1.82, 2.24) is 0 Å². The smallest absolute Gasteiger partial charge is 0.159 e. The van der Waals surface area contributed by atoms with Gasteiger partial charge in [0, 0.05) is 6.42 Å². The first-order chi connectivity index (χ1) is 11.2. The Labute approximate surface area is 152 Å². The molecule has 0 N–H and O–H groups in total. The SMILES string of the molecule is CCCCCCCCCCCCCCCCC(C)OC(=S)CC. The third-order valence-electron chi connectivity index (χ3n) is 4.59. The molecule has 0 heterocycles. The fraction of sp³-hybridized carbons (Fsp3) is 0.952. The molecule has 0 aromatic rings. The summed E-state index contributed by atoms with van der Waals surface area (Å²) in [7, 11) is 0. The molecule has 0 aliphatic carbocycles. The molecule has 0 fully saturated rings. The van der Waals surface area contributed by atoms with Crippen LogP contribution in [-0.2, 0) is 4.74 Å². The molecule has 1 nitrogen and oxygen atoms in total. The lowest BCUT2D eigenvalue weighted by molar-refractivity contribution is 0.194. The predicted molar refractivity (Wildman–Crippen MR) is 108 cm³/mol. The van der Waals surface area contributed by atoms with E-state index in [1.807, 2.05) is 0 Å². The lowest BCUT2D eigenvalue weighted by atomic mass is 10.0. The van der Waals surface area contributed by atoms with Gasteiger partial charge >= 0.3 is 0 Å². The van der Waals surface area contributed by atoms with Crippen LogP contribution < -0.4 is 0 Å². The summed E-state index contributed by atoms with van der Waals surface area (Å²) in [6.07, 6.45) is 22.2. The van der Waals surface area contributed by atoms with Crippen LogP contribution in [0.4, 0.5) is 0 Å². The maximum Gasteiger partial charge on any atom is 0.159 e. The molecule has 0 aliphatic heterocycles. The van der Waals surface area contributed by atoms with Crippen molar-refractivity contribution in [2.45, 2.75) is 130 Å². The molecule has 0 spiro atoms. The molecule has 1 atom stereocenters. The van der Waals surface area contributed by atoms with E-state index in [1.165, 1.54) is 89.9 Å². The maximum atomic E-state index is 5.64. The summed E-state index contributed by atoms with van der Waals surface area (Å²) < 4.78 is 5.64. The number of hydrogen-bond donors (Lipinski definition) is 0. The van der Waals surface area contributed by atoms with E-state index in [0.29, 0.717) is 6.10 Å². The van der Waals surface area contributed by atoms with Crippen LogP contribution >= 0.6 is 12.2 Å². The second-order valence-corrected chi connectivity index (χ2v) is 7.49. The molecule has 0 amide bonds. The van der Waals surface area contributed by atoms with E-state index in [9.17, 15) is 0 Å². The second-order valence-electron chi connectivity index (χ2n) is 7.04. The molecule has 0 saturated carbocycles. The van der Waals surface area contributed by atoms with Crippen LogP contribution in [0.25, 0.3) is 0 Å². The predicted octanol–water partition coefficient (Wildman–Crippen LogP) is 8.00. The fourth-order valence-electron chi connectivity index (χ4n) is 2.99. The fourth-order valence-corrected chi connectivity index (χ4v) is 3.16. The molecule has 0 bridgehead atoms. The van der Waals surface area contributed by atoms with Crippen molar-refractivity contribution in [1.29, 1.82) is 0 Å². The lowest BCUT2D eigenvalue weighted by Crippen LogP contribution is -2.12. The quantitative estimate of drug-likeness (QED) is 0.195. The number of hydrogen-bond acceptors (Lipinski definition) is 2. The Morgan fingerprint density at radius 1 is 0.696 bits per heavy atom. The summed E-state index contributed by atoms with van der Waals surface area (Å²) in [6.45, 7) is 6.49. The van der Waals surface area contributed by atoms with Crippen molar-refractivity contribution >= 4 is 17.3 Å². The number of unbranched alkanes of at least 4 members (excludes halogenated alkanes) is 13. The second kappa shape index (κ2) is 18.2. The van der Waals surface area contributed by atoms with Gasteiger partial charge in [-0.05, 0) is 32.0 Å². The average Bonchev–Trinajstić information content (AvgIpc) is 2.55. The normalized spacial score (nSPS) is 12.3. The Balaban J connectivity index is 3.12. The van der Waals surface area contributed by atoms with E-state index < -0.39 is 0 Å². The number of rotatable bonds is 17. The van der Waals surface area contributed by atoms with Gasteiger partial charge in [0.25, 0.3) is 0 Å². The molecule has 0 aromatic heterocycles. The summed E-state index contributed by atoms with van der Waals surface area (Å²) >= 11 is 5.12. The molecule has 0 rings (SSSR count). The van der Waals surface area contributed by atoms with Gasteiger partial charge in [-0.25, -0.2) is 0 Å². The van der Waals surface area contributed by atoms with E-state index in [4.69, 9.17) is 17.0 Å². The third kappa shape index (κ3) is 18.1. The van der Waals surface area contributed by atoms with Crippen LogP contribution in [0.5, 0.6) is 0 Å². The van der Waals surface area contributed by atoms with E-state index in [-0.39, 0.29) is 0 Å². The van der Waals surface area contributed by atoms with Crippen molar-refractivity contribution in [3.8, 4) is 0 Å². The Bertz CT molecular complexity index is 252. The van der Waals surface area contributed by atoms with Crippen LogP contribution in [0.2, 0.25) is 0 Å². The highest BCUT2D eigenvalue weighted by Crippen LogP contribution is 2.14. The van der Waals surface area contributed by atoms with Gasteiger partial charge in [-0.3, -0.25) is 0 Å². The minimum atomic E-state index is 0.305. The van der Waals surface area contributed by atoms with Gasteiger partial charge in [0.2, 0.25) is 0 Å². The van der Waals surface area contributed by atoms with Crippen molar-refractivity contribution in [3.05, 3.63) is 0 Å². The highest BCUT2D eigenvalue weighted by atomic mass is 32.1. The molecular weight excluding hydrogens is 300 g/mol. The molecule has 1 unspecified atom stereocenters. The van der Waals surface area contributed by atoms with Gasteiger partial charge in [-0.15, -0.1) is 0 Å². The first-order valence-electron chi connectivity index (χ1n) is 10.4. The monoisotopic (exact) mass is 342 g/mol. The zero-order valence-electron chi connectivity index (χ0n) is 16.2. The number of ether oxygens (including phenoxy) is 1. The van der Waals surface area contributed by atoms with Crippen LogP contribution in [0, 0.1) is 0 Å². The van der Waals surface area contributed by atoms with Crippen LogP contribution in [-0.4, -0.2) is 11.2 Å². The average molecular weight is 343 g/mol. The van der Waals surface area contributed by atoms with Crippen LogP contribution in [0.3, 0.4) is 0 Å². The van der Waals surface area contributed by atoms with Gasteiger partial charge in [0.1, 0.15) is 0 Å². The molecule has 0 saturated heterocycles.